The van der Waals surface area contributed by atoms with Gasteiger partial charge in [0.05, 0.1) is 13.2 Å². The molecule has 0 aromatic heterocycles. The summed E-state index contributed by atoms with van der Waals surface area (Å²) < 4.78 is 9.69. The highest BCUT2D eigenvalue weighted by Gasteiger charge is 2.20. The molecular formula is C12H16O5S. The highest BCUT2D eigenvalue weighted by molar-refractivity contribution is 7.80. The van der Waals surface area contributed by atoms with Gasteiger partial charge in [-0.1, -0.05) is 18.2 Å². The van der Waals surface area contributed by atoms with E-state index in [1.165, 1.54) is 7.11 Å². The summed E-state index contributed by atoms with van der Waals surface area (Å²) in [5, 5.41) is 19.5. The summed E-state index contributed by atoms with van der Waals surface area (Å²) in [6.07, 6.45) is -2.12. The van der Waals surface area contributed by atoms with E-state index in [4.69, 9.17) is 4.74 Å². The lowest BCUT2D eigenvalue weighted by molar-refractivity contribution is -0.142. The van der Waals surface area contributed by atoms with Crippen molar-refractivity contribution in [2.75, 3.05) is 19.5 Å². The number of hydrogen-bond donors (Lipinski definition) is 3. The third kappa shape index (κ3) is 3.90. The first-order valence-corrected chi connectivity index (χ1v) is 5.99. The Morgan fingerprint density at radius 1 is 1.39 bits per heavy atom. The van der Waals surface area contributed by atoms with Gasteiger partial charge in [0.2, 0.25) is 0 Å². The maximum absolute atomic E-state index is 11.0. The van der Waals surface area contributed by atoms with Crippen molar-refractivity contribution in [3.8, 4) is 5.75 Å². The largest absolute Gasteiger partial charge is 0.482 e. The van der Waals surface area contributed by atoms with Gasteiger partial charge in [0.25, 0.3) is 0 Å². The van der Waals surface area contributed by atoms with Crippen molar-refractivity contribution in [2.45, 2.75) is 12.2 Å². The van der Waals surface area contributed by atoms with E-state index in [1.54, 1.807) is 24.3 Å². The molecule has 100 valence electrons. The van der Waals surface area contributed by atoms with Gasteiger partial charge < -0.3 is 19.7 Å². The van der Waals surface area contributed by atoms with E-state index in [-0.39, 0.29) is 12.4 Å². The monoisotopic (exact) mass is 272 g/mol. The highest BCUT2D eigenvalue weighted by atomic mass is 32.1. The van der Waals surface area contributed by atoms with Crippen molar-refractivity contribution >= 4 is 18.6 Å². The number of carbonyl (C=O) groups excluding carboxylic acids is 1. The first-order chi connectivity index (χ1) is 8.60. The van der Waals surface area contributed by atoms with Gasteiger partial charge in [0, 0.05) is 11.3 Å². The molecule has 6 heteroatoms. The third-order valence-electron chi connectivity index (χ3n) is 2.36. The Kier molecular flexibility index (Phi) is 5.97. The molecule has 0 saturated carbocycles. The number of thiol groups is 1. The molecule has 0 radical (unpaired) electrons. The molecule has 0 aliphatic heterocycles. The Bertz CT molecular complexity index is 396. The average Bonchev–Trinajstić information content (AvgIpc) is 2.43. The summed E-state index contributed by atoms with van der Waals surface area (Å²) in [6.45, 7) is -0.253. The molecule has 0 fully saturated rings. The van der Waals surface area contributed by atoms with Crippen LogP contribution in [0.3, 0.4) is 0 Å². The number of benzene rings is 1. The Balaban J connectivity index is 2.82. The van der Waals surface area contributed by atoms with Crippen LogP contribution >= 0.6 is 12.6 Å². The molecule has 1 rings (SSSR count). The van der Waals surface area contributed by atoms with Gasteiger partial charge in [-0.3, -0.25) is 0 Å². The molecule has 2 atom stereocenters. The molecular weight excluding hydrogens is 256 g/mol. The summed E-state index contributed by atoms with van der Waals surface area (Å²) in [7, 11) is 1.26. The maximum atomic E-state index is 11.0. The number of aliphatic hydroxyl groups excluding tert-OH is 2. The zero-order valence-corrected chi connectivity index (χ0v) is 10.8. The fourth-order valence-corrected chi connectivity index (χ4v) is 1.56. The Labute approximate surface area is 111 Å². The van der Waals surface area contributed by atoms with Crippen molar-refractivity contribution in [1.82, 2.24) is 0 Å². The molecule has 0 bridgehead atoms. The minimum absolute atomic E-state index is 0.118. The SMILES string of the molecule is COC(=O)COc1ccccc1C(O)C(O)CS. The van der Waals surface area contributed by atoms with Gasteiger partial charge in [0.15, 0.2) is 6.61 Å². The number of carbonyl (C=O) groups is 1. The lowest BCUT2D eigenvalue weighted by atomic mass is 10.0. The summed E-state index contributed by atoms with van der Waals surface area (Å²) in [4.78, 5) is 11.0. The van der Waals surface area contributed by atoms with Crippen molar-refractivity contribution < 1.29 is 24.5 Å². The van der Waals surface area contributed by atoms with E-state index in [2.05, 4.69) is 17.4 Å². The predicted octanol–water partition coefficient (Wildman–Crippen LogP) is 0.562. The van der Waals surface area contributed by atoms with Crippen LogP contribution in [0.5, 0.6) is 5.75 Å². The number of aliphatic hydroxyl groups is 2. The second kappa shape index (κ2) is 7.25. The van der Waals surface area contributed by atoms with Crippen LogP contribution in [-0.2, 0) is 9.53 Å². The van der Waals surface area contributed by atoms with E-state index in [0.717, 1.165) is 0 Å². The van der Waals surface area contributed by atoms with Gasteiger partial charge >= 0.3 is 5.97 Å². The summed E-state index contributed by atoms with van der Waals surface area (Å²) >= 11 is 3.91. The van der Waals surface area contributed by atoms with Crippen molar-refractivity contribution in [3.05, 3.63) is 29.8 Å². The normalized spacial score (nSPS) is 13.8. The number of hydrogen-bond acceptors (Lipinski definition) is 6. The van der Waals surface area contributed by atoms with Crippen molar-refractivity contribution in [1.29, 1.82) is 0 Å². The first kappa shape index (κ1) is 14.8. The van der Waals surface area contributed by atoms with E-state index in [9.17, 15) is 15.0 Å². The van der Waals surface area contributed by atoms with Crippen molar-refractivity contribution in [2.24, 2.45) is 0 Å². The maximum Gasteiger partial charge on any atom is 0.343 e. The third-order valence-corrected chi connectivity index (χ3v) is 2.74. The lowest BCUT2D eigenvalue weighted by Gasteiger charge is -2.19. The molecule has 5 nitrogen and oxygen atoms in total. The van der Waals surface area contributed by atoms with E-state index < -0.39 is 18.2 Å². The fourth-order valence-electron chi connectivity index (χ4n) is 1.36. The number of para-hydroxylation sites is 1. The van der Waals surface area contributed by atoms with Crippen LogP contribution in [0.15, 0.2) is 24.3 Å². The smallest absolute Gasteiger partial charge is 0.343 e. The number of esters is 1. The van der Waals surface area contributed by atoms with Crippen LogP contribution < -0.4 is 4.74 Å². The number of methoxy groups -OCH3 is 1. The molecule has 0 aliphatic rings. The van der Waals surface area contributed by atoms with Gasteiger partial charge in [0.1, 0.15) is 11.9 Å². The predicted molar refractivity (Wildman–Crippen MR) is 68.8 cm³/mol. The summed E-state index contributed by atoms with van der Waals surface area (Å²) in [6, 6.07) is 6.63. The molecule has 2 unspecified atom stereocenters. The second-order valence-corrected chi connectivity index (χ2v) is 3.96. The molecule has 2 N–H and O–H groups in total. The second-order valence-electron chi connectivity index (χ2n) is 3.60. The average molecular weight is 272 g/mol. The Morgan fingerprint density at radius 3 is 2.67 bits per heavy atom. The molecule has 0 saturated heterocycles. The molecule has 0 amide bonds. The minimum atomic E-state index is -1.11. The van der Waals surface area contributed by atoms with Gasteiger partial charge in [-0.2, -0.15) is 12.6 Å². The first-order valence-electron chi connectivity index (χ1n) is 5.35. The molecule has 18 heavy (non-hydrogen) atoms. The Hall–Kier alpha value is -1.24. The van der Waals surface area contributed by atoms with E-state index >= 15 is 0 Å². The van der Waals surface area contributed by atoms with Crippen LogP contribution in [0.4, 0.5) is 0 Å². The van der Waals surface area contributed by atoms with Crippen LogP contribution in [0.2, 0.25) is 0 Å². The summed E-state index contributed by atoms with van der Waals surface area (Å²) in [5.41, 5.74) is 0.406. The van der Waals surface area contributed by atoms with Gasteiger partial charge in [-0.05, 0) is 6.07 Å². The van der Waals surface area contributed by atoms with E-state index in [1.807, 2.05) is 0 Å². The van der Waals surface area contributed by atoms with Crippen molar-refractivity contribution in [3.63, 3.8) is 0 Å². The van der Waals surface area contributed by atoms with Gasteiger partial charge in [-0.15, -0.1) is 0 Å². The highest BCUT2D eigenvalue weighted by Crippen LogP contribution is 2.27. The molecule has 0 spiro atoms. The lowest BCUT2D eigenvalue weighted by Crippen LogP contribution is -2.21. The van der Waals surface area contributed by atoms with Crippen LogP contribution in [0, 0.1) is 0 Å². The molecule has 0 aliphatic carbocycles. The number of rotatable bonds is 6. The minimum Gasteiger partial charge on any atom is -0.482 e. The van der Waals surface area contributed by atoms with E-state index in [0.29, 0.717) is 11.3 Å². The number of ether oxygens (including phenoxy) is 2. The van der Waals surface area contributed by atoms with Crippen LogP contribution in [0.1, 0.15) is 11.7 Å². The molecule has 1 aromatic rings. The molecule has 0 heterocycles. The topological polar surface area (TPSA) is 76.0 Å². The zero-order valence-electron chi connectivity index (χ0n) is 9.94. The fraction of sp³-hybridized carbons (Fsp3) is 0.417. The summed E-state index contributed by atoms with van der Waals surface area (Å²) in [5.74, 6) is -0.0720. The quantitative estimate of drug-likeness (QED) is 0.521. The Morgan fingerprint density at radius 2 is 2.06 bits per heavy atom. The zero-order chi connectivity index (χ0) is 13.5. The molecule has 1 aromatic carbocycles. The van der Waals surface area contributed by atoms with Crippen LogP contribution in [0.25, 0.3) is 0 Å². The standard InChI is InChI=1S/C12H16O5S/c1-16-11(14)6-17-10-5-3-2-4-8(10)12(15)9(13)7-18/h2-5,9,12-13,15,18H,6-7H2,1H3. The van der Waals surface area contributed by atoms with Gasteiger partial charge in [-0.25, -0.2) is 4.79 Å². The van der Waals surface area contributed by atoms with Crippen LogP contribution in [-0.4, -0.2) is 41.8 Å².